The number of carbonyl (C=O) groups is 1. The predicted octanol–water partition coefficient (Wildman–Crippen LogP) is 3.30. The van der Waals surface area contributed by atoms with Crippen LogP contribution < -0.4 is 14.8 Å². The molecule has 0 aromatic heterocycles. The Morgan fingerprint density at radius 1 is 1.03 bits per heavy atom. The topological polar surface area (TPSA) is 60.0 Å². The summed E-state index contributed by atoms with van der Waals surface area (Å²) in [5.74, 6) is 1.15. The van der Waals surface area contributed by atoms with Crippen LogP contribution in [0.5, 0.6) is 11.5 Å². The van der Waals surface area contributed by atoms with E-state index in [1.165, 1.54) is 0 Å². The fourth-order valence-electron chi connectivity index (χ4n) is 3.67. The average molecular weight is 417 g/mol. The molecule has 1 fully saturated rings. The van der Waals surface area contributed by atoms with Crippen molar-refractivity contribution in [3.63, 3.8) is 0 Å². The smallest absolute Gasteiger partial charge is 0.251 e. The fourth-order valence-corrected chi connectivity index (χ4v) is 3.93. The largest absolute Gasteiger partial charge is 0.490 e. The number of nitrogens with zero attached hydrogens (tertiary/aromatic N) is 1. The van der Waals surface area contributed by atoms with E-state index in [9.17, 15) is 4.79 Å². The molecule has 2 aromatic rings. The molecule has 6 nitrogen and oxygen atoms in total. The van der Waals surface area contributed by atoms with Gasteiger partial charge in [-0.15, -0.1) is 0 Å². The molecule has 0 saturated carbocycles. The van der Waals surface area contributed by atoms with Gasteiger partial charge in [0.2, 0.25) is 0 Å². The van der Waals surface area contributed by atoms with Crippen LogP contribution in [-0.4, -0.2) is 56.9 Å². The Morgan fingerprint density at radius 3 is 2.59 bits per heavy atom. The third-order valence-corrected chi connectivity index (χ3v) is 5.56. The van der Waals surface area contributed by atoms with Gasteiger partial charge in [-0.1, -0.05) is 29.8 Å². The average Bonchev–Trinajstić information content (AvgIpc) is 3.00. The number of amides is 1. The Bertz CT molecular complexity index is 854. The Hall–Kier alpha value is -2.28. The molecule has 1 saturated heterocycles. The van der Waals surface area contributed by atoms with Crippen LogP contribution in [0.1, 0.15) is 28.4 Å². The van der Waals surface area contributed by atoms with Crippen LogP contribution in [0.2, 0.25) is 5.02 Å². The van der Waals surface area contributed by atoms with E-state index < -0.39 is 0 Å². The highest BCUT2D eigenvalue weighted by atomic mass is 35.5. The molecule has 2 heterocycles. The van der Waals surface area contributed by atoms with E-state index in [4.69, 9.17) is 25.8 Å². The lowest BCUT2D eigenvalue weighted by molar-refractivity contribution is 0.0162. The van der Waals surface area contributed by atoms with Crippen molar-refractivity contribution < 1.29 is 19.0 Å². The van der Waals surface area contributed by atoms with Crippen molar-refractivity contribution in [3.05, 3.63) is 58.6 Å². The van der Waals surface area contributed by atoms with Crippen molar-refractivity contribution in [1.29, 1.82) is 0 Å². The van der Waals surface area contributed by atoms with Gasteiger partial charge in [0.05, 0.1) is 32.5 Å². The number of morpholine rings is 1. The van der Waals surface area contributed by atoms with E-state index in [1.54, 1.807) is 18.2 Å². The number of hydrogen-bond acceptors (Lipinski definition) is 5. The van der Waals surface area contributed by atoms with Crippen LogP contribution in [0, 0.1) is 0 Å². The molecule has 0 bridgehead atoms. The summed E-state index contributed by atoms with van der Waals surface area (Å²) in [6.07, 6.45) is 0.829. The molecule has 1 amide bonds. The van der Waals surface area contributed by atoms with Crippen molar-refractivity contribution >= 4 is 17.5 Å². The Kier molecular flexibility index (Phi) is 6.54. The maximum Gasteiger partial charge on any atom is 0.251 e. The van der Waals surface area contributed by atoms with E-state index in [0.29, 0.717) is 55.1 Å². The summed E-state index contributed by atoms with van der Waals surface area (Å²) in [6, 6.07) is 13.1. The highest BCUT2D eigenvalue weighted by Crippen LogP contribution is 2.31. The van der Waals surface area contributed by atoms with Crippen molar-refractivity contribution in [1.82, 2.24) is 10.2 Å². The van der Waals surface area contributed by atoms with E-state index >= 15 is 0 Å². The monoisotopic (exact) mass is 416 g/mol. The molecular formula is C22H25ClN2O4. The van der Waals surface area contributed by atoms with Gasteiger partial charge in [-0.05, 0) is 29.8 Å². The summed E-state index contributed by atoms with van der Waals surface area (Å²) in [5.41, 5.74) is 1.56. The van der Waals surface area contributed by atoms with Crippen molar-refractivity contribution in [2.45, 2.75) is 12.5 Å². The number of fused-ring (bicyclic) bond motifs is 1. The van der Waals surface area contributed by atoms with E-state index in [1.807, 2.05) is 24.3 Å². The minimum Gasteiger partial charge on any atom is -0.490 e. The second-order valence-corrected chi connectivity index (χ2v) is 7.51. The summed E-state index contributed by atoms with van der Waals surface area (Å²) in [6.45, 7) is 4.62. The van der Waals surface area contributed by atoms with Gasteiger partial charge in [0.15, 0.2) is 11.5 Å². The fraction of sp³-hybridized carbons (Fsp3) is 0.409. The first kappa shape index (κ1) is 20.0. The van der Waals surface area contributed by atoms with Crippen LogP contribution in [-0.2, 0) is 4.74 Å². The van der Waals surface area contributed by atoms with Gasteiger partial charge in [-0.3, -0.25) is 9.69 Å². The van der Waals surface area contributed by atoms with E-state index in [-0.39, 0.29) is 11.9 Å². The third kappa shape index (κ3) is 4.83. The molecule has 29 heavy (non-hydrogen) atoms. The minimum absolute atomic E-state index is 0.0167. The highest BCUT2D eigenvalue weighted by molar-refractivity contribution is 6.31. The van der Waals surface area contributed by atoms with Gasteiger partial charge in [0.25, 0.3) is 5.91 Å². The second-order valence-electron chi connectivity index (χ2n) is 7.11. The van der Waals surface area contributed by atoms with E-state index in [2.05, 4.69) is 10.2 Å². The van der Waals surface area contributed by atoms with Gasteiger partial charge in [0, 0.05) is 36.6 Å². The van der Waals surface area contributed by atoms with Crippen LogP contribution >= 0.6 is 11.6 Å². The number of nitrogens with one attached hydrogen (secondary N) is 1. The molecule has 1 N–H and O–H groups in total. The lowest BCUT2D eigenvalue weighted by Gasteiger charge is -2.35. The minimum atomic E-state index is -0.147. The molecule has 0 spiro atoms. The van der Waals surface area contributed by atoms with Crippen molar-refractivity contribution in [3.8, 4) is 11.5 Å². The first-order chi connectivity index (χ1) is 14.2. The molecule has 0 aliphatic carbocycles. The third-order valence-electron chi connectivity index (χ3n) is 5.22. The number of halogens is 1. The lowest BCUT2D eigenvalue weighted by atomic mass is 10.0. The predicted molar refractivity (Wildman–Crippen MR) is 111 cm³/mol. The maximum absolute atomic E-state index is 12.8. The molecule has 2 aliphatic rings. The van der Waals surface area contributed by atoms with Crippen molar-refractivity contribution in [2.75, 3.05) is 46.1 Å². The number of ether oxygens (including phenoxy) is 3. The summed E-state index contributed by atoms with van der Waals surface area (Å²) in [5, 5.41) is 3.77. The highest BCUT2D eigenvalue weighted by Gasteiger charge is 2.25. The lowest BCUT2D eigenvalue weighted by Crippen LogP contribution is -2.44. The van der Waals surface area contributed by atoms with Crippen LogP contribution in [0.4, 0.5) is 0 Å². The molecule has 4 rings (SSSR count). The second kappa shape index (κ2) is 9.48. The first-order valence-corrected chi connectivity index (χ1v) is 10.3. The van der Waals surface area contributed by atoms with Crippen LogP contribution in [0.15, 0.2) is 42.5 Å². The molecule has 0 unspecified atom stereocenters. The molecular weight excluding hydrogens is 392 g/mol. The van der Waals surface area contributed by atoms with Crippen LogP contribution in [0.3, 0.4) is 0 Å². The zero-order valence-electron chi connectivity index (χ0n) is 16.2. The standard InChI is InChI=1S/C22H25ClN2O4/c23-18-5-2-1-4-17(18)19(25-8-12-27-13-9-25)15-24-22(26)16-6-7-20-21(14-16)29-11-3-10-28-20/h1-2,4-7,14,19H,3,8-13,15H2,(H,24,26)/t19-/m1/s1. The molecule has 154 valence electrons. The molecule has 0 radical (unpaired) electrons. The number of carbonyl (C=O) groups excluding carboxylic acids is 1. The Morgan fingerprint density at radius 2 is 1.79 bits per heavy atom. The summed E-state index contributed by atoms with van der Waals surface area (Å²) in [4.78, 5) is 15.1. The maximum atomic E-state index is 12.8. The van der Waals surface area contributed by atoms with Gasteiger partial charge >= 0.3 is 0 Å². The quantitative estimate of drug-likeness (QED) is 0.810. The Labute approximate surface area is 175 Å². The zero-order valence-corrected chi connectivity index (χ0v) is 17.0. The molecule has 2 aliphatic heterocycles. The number of benzene rings is 2. The number of hydrogen-bond donors (Lipinski definition) is 1. The SMILES string of the molecule is O=C(NC[C@H](c1ccccc1Cl)N1CCOCC1)c1ccc2c(c1)OCCCO2. The van der Waals surface area contributed by atoms with E-state index in [0.717, 1.165) is 25.1 Å². The summed E-state index contributed by atoms with van der Waals surface area (Å²) in [7, 11) is 0. The van der Waals surface area contributed by atoms with Gasteiger partial charge in [-0.2, -0.15) is 0 Å². The normalized spacial score (nSPS) is 18.0. The van der Waals surface area contributed by atoms with Gasteiger partial charge in [0.1, 0.15) is 0 Å². The number of rotatable bonds is 5. The van der Waals surface area contributed by atoms with Crippen molar-refractivity contribution in [2.24, 2.45) is 0 Å². The van der Waals surface area contributed by atoms with Gasteiger partial charge < -0.3 is 19.5 Å². The Balaban J connectivity index is 1.49. The molecule has 7 heteroatoms. The van der Waals surface area contributed by atoms with Crippen LogP contribution in [0.25, 0.3) is 0 Å². The molecule has 1 atom stereocenters. The molecule has 2 aromatic carbocycles. The summed E-state index contributed by atoms with van der Waals surface area (Å²) < 4.78 is 16.8. The van der Waals surface area contributed by atoms with Gasteiger partial charge in [-0.25, -0.2) is 0 Å². The zero-order chi connectivity index (χ0) is 20.1. The summed E-state index contributed by atoms with van der Waals surface area (Å²) >= 11 is 6.46. The first-order valence-electron chi connectivity index (χ1n) is 9.96.